The summed E-state index contributed by atoms with van der Waals surface area (Å²) >= 11 is 0. The summed E-state index contributed by atoms with van der Waals surface area (Å²) in [5.41, 5.74) is 0.895. The normalized spacial score (nSPS) is 12.6. The molecule has 2 rings (SSSR count). The van der Waals surface area contributed by atoms with Crippen molar-refractivity contribution in [2.75, 3.05) is 0 Å². The van der Waals surface area contributed by atoms with E-state index in [1.54, 1.807) is 18.2 Å². The molecule has 0 amide bonds. The first kappa shape index (κ1) is 25.3. The SMILES string of the molecule is C=CC(C)(C)c1ccc(OC(C)(C)C)c(C=CC(=O)c2ccc(O)cc2)c1OC(C)(C)C. The second-order valence-corrected chi connectivity index (χ2v) is 10.5. The Kier molecular flexibility index (Phi) is 7.29. The van der Waals surface area contributed by atoms with Crippen LogP contribution in [0.1, 0.15) is 76.9 Å². The Morgan fingerprint density at radius 2 is 1.44 bits per heavy atom. The number of hydrogen-bond acceptors (Lipinski definition) is 4. The van der Waals surface area contributed by atoms with Crippen molar-refractivity contribution in [3.63, 3.8) is 0 Å². The van der Waals surface area contributed by atoms with E-state index in [0.29, 0.717) is 22.6 Å². The molecule has 0 aliphatic heterocycles. The van der Waals surface area contributed by atoms with Crippen molar-refractivity contribution in [3.05, 3.63) is 71.8 Å². The summed E-state index contributed by atoms with van der Waals surface area (Å²) in [5.74, 6) is 1.24. The Morgan fingerprint density at radius 1 is 0.875 bits per heavy atom. The molecule has 0 atom stereocenters. The number of carbonyl (C=O) groups excluding carboxylic acids is 1. The zero-order chi connectivity index (χ0) is 24.3. The van der Waals surface area contributed by atoms with E-state index >= 15 is 0 Å². The number of carbonyl (C=O) groups is 1. The highest BCUT2D eigenvalue weighted by atomic mass is 16.5. The minimum atomic E-state index is -0.462. The van der Waals surface area contributed by atoms with Gasteiger partial charge in [0, 0.05) is 16.5 Å². The third kappa shape index (κ3) is 6.74. The molecule has 0 spiro atoms. The highest BCUT2D eigenvalue weighted by Crippen LogP contribution is 2.42. The number of phenolic OH excluding ortho intramolecular Hbond substituents is 1. The quantitative estimate of drug-likeness (QED) is 0.285. The first-order chi connectivity index (χ1) is 14.6. The summed E-state index contributed by atoms with van der Waals surface area (Å²) in [6.07, 6.45) is 5.15. The molecular weight excluding hydrogens is 400 g/mol. The Morgan fingerprint density at radius 3 is 1.94 bits per heavy atom. The number of allylic oxidation sites excluding steroid dienone is 2. The third-order valence-corrected chi connectivity index (χ3v) is 4.74. The molecule has 172 valence electrons. The molecule has 2 aromatic rings. The van der Waals surface area contributed by atoms with Crippen molar-refractivity contribution < 1.29 is 19.4 Å². The molecule has 0 unspecified atom stereocenters. The van der Waals surface area contributed by atoms with E-state index in [0.717, 1.165) is 5.56 Å². The lowest BCUT2D eigenvalue weighted by Gasteiger charge is -2.32. The van der Waals surface area contributed by atoms with Gasteiger partial charge in [-0.3, -0.25) is 4.79 Å². The van der Waals surface area contributed by atoms with Gasteiger partial charge in [-0.25, -0.2) is 0 Å². The van der Waals surface area contributed by atoms with Crippen LogP contribution in [0.2, 0.25) is 0 Å². The first-order valence-corrected chi connectivity index (χ1v) is 10.8. The monoisotopic (exact) mass is 436 g/mol. The fourth-order valence-corrected chi connectivity index (χ4v) is 3.07. The Labute approximate surface area is 192 Å². The van der Waals surface area contributed by atoms with Crippen LogP contribution in [-0.4, -0.2) is 22.1 Å². The van der Waals surface area contributed by atoms with Crippen molar-refractivity contribution in [2.24, 2.45) is 0 Å². The number of hydrogen-bond donors (Lipinski definition) is 1. The van der Waals surface area contributed by atoms with Gasteiger partial charge in [-0.05, 0) is 84.0 Å². The van der Waals surface area contributed by atoms with Crippen LogP contribution in [0.15, 0.2) is 55.1 Å². The van der Waals surface area contributed by atoms with E-state index in [1.165, 1.54) is 18.2 Å². The number of aromatic hydroxyl groups is 1. The summed E-state index contributed by atoms with van der Waals surface area (Å²) in [4.78, 5) is 12.8. The number of ketones is 1. The third-order valence-electron chi connectivity index (χ3n) is 4.74. The smallest absolute Gasteiger partial charge is 0.185 e. The molecule has 0 aliphatic carbocycles. The van der Waals surface area contributed by atoms with Gasteiger partial charge >= 0.3 is 0 Å². The number of ether oxygens (including phenoxy) is 2. The summed E-state index contributed by atoms with van der Waals surface area (Å²) < 4.78 is 12.7. The van der Waals surface area contributed by atoms with Crippen molar-refractivity contribution in [1.82, 2.24) is 0 Å². The molecule has 0 fully saturated rings. The average Bonchev–Trinajstić information content (AvgIpc) is 2.65. The minimum Gasteiger partial charge on any atom is -0.508 e. The van der Waals surface area contributed by atoms with Gasteiger partial charge in [0.1, 0.15) is 28.5 Å². The van der Waals surface area contributed by atoms with Crippen molar-refractivity contribution in [3.8, 4) is 17.2 Å². The van der Waals surface area contributed by atoms with E-state index < -0.39 is 11.2 Å². The number of benzene rings is 2. The molecule has 0 radical (unpaired) electrons. The van der Waals surface area contributed by atoms with Gasteiger partial charge in [-0.1, -0.05) is 26.0 Å². The van der Waals surface area contributed by atoms with Crippen LogP contribution in [0.25, 0.3) is 6.08 Å². The lowest BCUT2D eigenvalue weighted by molar-refractivity contribution is 0.104. The highest BCUT2D eigenvalue weighted by molar-refractivity contribution is 6.07. The number of rotatable bonds is 7. The van der Waals surface area contributed by atoms with Crippen LogP contribution in [0.5, 0.6) is 17.2 Å². The van der Waals surface area contributed by atoms with E-state index in [9.17, 15) is 9.90 Å². The highest BCUT2D eigenvalue weighted by Gasteiger charge is 2.28. The summed E-state index contributed by atoms with van der Waals surface area (Å²) in [5, 5.41) is 9.50. The Hall–Kier alpha value is -3.01. The molecule has 2 aromatic carbocycles. The lowest BCUT2D eigenvalue weighted by Crippen LogP contribution is -2.27. The van der Waals surface area contributed by atoms with Gasteiger partial charge in [0.2, 0.25) is 0 Å². The topological polar surface area (TPSA) is 55.8 Å². The van der Waals surface area contributed by atoms with E-state index in [4.69, 9.17) is 9.47 Å². The maximum Gasteiger partial charge on any atom is 0.185 e. The first-order valence-electron chi connectivity index (χ1n) is 10.8. The molecular formula is C28H36O4. The zero-order valence-corrected chi connectivity index (χ0v) is 20.6. The molecule has 4 nitrogen and oxygen atoms in total. The Balaban J connectivity index is 2.70. The van der Waals surface area contributed by atoms with Crippen LogP contribution in [-0.2, 0) is 5.41 Å². The molecule has 1 N–H and O–H groups in total. The molecule has 0 heterocycles. The van der Waals surface area contributed by atoms with Crippen molar-refractivity contribution in [2.45, 2.75) is 72.0 Å². The fourth-order valence-electron chi connectivity index (χ4n) is 3.07. The predicted octanol–water partition coefficient (Wildman–Crippen LogP) is 7.11. The van der Waals surface area contributed by atoms with Gasteiger partial charge in [-0.2, -0.15) is 0 Å². The van der Waals surface area contributed by atoms with Crippen LogP contribution >= 0.6 is 0 Å². The summed E-state index contributed by atoms with van der Waals surface area (Å²) in [6, 6.07) is 10.1. The predicted molar refractivity (Wildman–Crippen MR) is 132 cm³/mol. The van der Waals surface area contributed by atoms with Gasteiger partial charge in [-0.15, -0.1) is 6.58 Å². The molecule has 0 aromatic heterocycles. The molecule has 4 heteroatoms. The standard InChI is InChI=1S/C28H36O4/c1-10-28(8,9)22-16-18-24(31-26(2,3)4)21(25(22)32-27(5,6)7)15-17-23(30)19-11-13-20(29)14-12-19/h10-18,29H,1H2,2-9H3. The maximum atomic E-state index is 12.8. The van der Waals surface area contributed by atoms with Crippen LogP contribution < -0.4 is 9.47 Å². The summed E-state index contributed by atoms with van der Waals surface area (Å²) in [6.45, 7) is 20.1. The van der Waals surface area contributed by atoms with Crippen LogP contribution in [0.3, 0.4) is 0 Å². The summed E-state index contributed by atoms with van der Waals surface area (Å²) in [7, 11) is 0. The van der Waals surface area contributed by atoms with Gasteiger partial charge in [0.25, 0.3) is 0 Å². The fraction of sp³-hybridized carbons (Fsp3) is 0.393. The van der Waals surface area contributed by atoms with Crippen molar-refractivity contribution in [1.29, 1.82) is 0 Å². The van der Waals surface area contributed by atoms with E-state index in [-0.39, 0.29) is 16.9 Å². The van der Waals surface area contributed by atoms with Crippen LogP contribution in [0.4, 0.5) is 0 Å². The average molecular weight is 437 g/mol. The molecule has 0 aliphatic rings. The molecule has 0 saturated carbocycles. The largest absolute Gasteiger partial charge is 0.508 e. The van der Waals surface area contributed by atoms with Crippen molar-refractivity contribution >= 4 is 11.9 Å². The molecule has 0 bridgehead atoms. The maximum absolute atomic E-state index is 12.8. The van der Waals surface area contributed by atoms with E-state index in [2.05, 4.69) is 20.4 Å². The second-order valence-electron chi connectivity index (χ2n) is 10.5. The minimum absolute atomic E-state index is 0.117. The van der Waals surface area contributed by atoms with Gasteiger partial charge in [0.05, 0.1) is 5.56 Å². The van der Waals surface area contributed by atoms with Gasteiger partial charge in [0.15, 0.2) is 5.78 Å². The Bertz CT molecular complexity index is 997. The van der Waals surface area contributed by atoms with Crippen LogP contribution in [0, 0.1) is 0 Å². The van der Waals surface area contributed by atoms with Gasteiger partial charge < -0.3 is 14.6 Å². The second kappa shape index (κ2) is 9.23. The lowest BCUT2D eigenvalue weighted by atomic mass is 9.82. The number of phenols is 1. The zero-order valence-electron chi connectivity index (χ0n) is 20.6. The van der Waals surface area contributed by atoms with E-state index in [1.807, 2.05) is 59.8 Å². The molecule has 0 saturated heterocycles. The molecule has 32 heavy (non-hydrogen) atoms.